The first-order valence-electron chi connectivity index (χ1n) is 4.58. The van der Waals surface area contributed by atoms with Gasteiger partial charge in [0.15, 0.2) is 9.84 Å². The molecule has 0 saturated carbocycles. The van der Waals surface area contributed by atoms with E-state index in [9.17, 15) is 16.8 Å². The Morgan fingerprint density at radius 3 is 2.28 bits per heavy atom. The molecule has 0 unspecified atom stereocenters. The minimum absolute atomic E-state index is 0.00539. The lowest BCUT2D eigenvalue weighted by Crippen LogP contribution is -2.23. The Labute approximate surface area is 110 Å². The molecule has 0 fully saturated rings. The molecule has 98 valence electrons. The van der Waals surface area contributed by atoms with Crippen molar-refractivity contribution in [2.24, 2.45) is 5.14 Å². The van der Waals surface area contributed by atoms with Crippen LogP contribution in [0.2, 0.25) is 5.02 Å². The van der Waals surface area contributed by atoms with Gasteiger partial charge in [-0.25, -0.2) is 22.0 Å². The SMILES string of the molecule is N#Cc1ccc(S(=O)(=O)CCS(N)(=O)=O)cc1Cl. The zero-order chi connectivity index (χ0) is 14.0. The number of rotatable bonds is 4. The summed E-state index contributed by atoms with van der Waals surface area (Å²) < 4.78 is 45.0. The summed E-state index contributed by atoms with van der Waals surface area (Å²) in [5.74, 6) is -1.30. The molecule has 0 atom stereocenters. The smallest absolute Gasteiger partial charge is 0.210 e. The standard InChI is InChI=1S/C9H9ClN2O4S2/c10-9-5-8(2-1-7(9)6-11)17(13,14)3-4-18(12,15)16/h1-2,5H,3-4H2,(H2,12,15,16). The van der Waals surface area contributed by atoms with Crippen LogP contribution in [-0.2, 0) is 19.9 Å². The van der Waals surface area contributed by atoms with Crippen molar-refractivity contribution in [3.63, 3.8) is 0 Å². The minimum Gasteiger partial charge on any atom is -0.229 e. The van der Waals surface area contributed by atoms with E-state index < -0.39 is 31.4 Å². The Balaban J connectivity index is 3.07. The van der Waals surface area contributed by atoms with Crippen molar-refractivity contribution >= 4 is 31.5 Å². The Hall–Kier alpha value is -1.14. The molecule has 0 aliphatic carbocycles. The van der Waals surface area contributed by atoms with Crippen LogP contribution >= 0.6 is 11.6 Å². The van der Waals surface area contributed by atoms with Gasteiger partial charge in [-0.2, -0.15) is 5.26 Å². The summed E-state index contributed by atoms with van der Waals surface area (Å²) in [5.41, 5.74) is 0.141. The first kappa shape index (κ1) is 14.9. The van der Waals surface area contributed by atoms with Gasteiger partial charge in [0.2, 0.25) is 10.0 Å². The first-order valence-corrected chi connectivity index (χ1v) is 8.33. The van der Waals surface area contributed by atoms with E-state index in [0.29, 0.717) is 0 Å². The number of nitrogens with two attached hydrogens (primary N) is 1. The Morgan fingerprint density at radius 1 is 1.22 bits per heavy atom. The maximum absolute atomic E-state index is 11.8. The fourth-order valence-electron chi connectivity index (χ4n) is 1.12. The zero-order valence-electron chi connectivity index (χ0n) is 9.00. The maximum Gasteiger partial charge on any atom is 0.210 e. The average Bonchev–Trinajstić information content (AvgIpc) is 2.25. The molecule has 9 heteroatoms. The summed E-state index contributed by atoms with van der Waals surface area (Å²) in [6.45, 7) is 0. The predicted octanol–water partition coefficient (Wildman–Crippen LogP) is 0.274. The second kappa shape index (κ2) is 5.24. The summed E-state index contributed by atoms with van der Waals surface area (Å²) in [4.78, 5) is -0.143. The van der Waals surface area contributed by atoms with Crippen molar-refractivity contribution in [3.05, 3.63) is 28.8 Å². The molecule has 0 aliphatic rings. The Morgan fingerprint density at radius 2 is 1.83 bits per heavy atom. The monoisotopic (exact) mass is 308 g/mol. The first-order chi connectivity index (χ1) is 8.15. The molecular formula is C9H9ClN2O4S2. The van der Waals surface area contributed by atoms with Crippen molar-refractivity contribution in [2.45, 2.75) is 4.90 Å². The van der Waals surface area contributed by atoms with Gasteiger partial charge < -0.3 is 0 Å². The van der Waals surface area contributed by atoms with Crippen molar-refractivity contribution in [3.8, 4) is 6.07 Å². The molecule has 1 aromatic carbocycles. The van der Waals surface area contributed by atoms with Crippen molar-refractivity contribution in [1.29, 1.82) is 5.26 Å². The van der Waals surface area contributed by atoms with Crippen LogP contribution in [0.25, 0.3) is 0 Å². The second-order valence-electron chi connectivity index (χ2n) is 3.44. The van der Waals surface area contributed by atoms with E-state index >= 15 is 0 Å². The molecule has 0 aromatic heterocycles. The van der Waals surface area contributed by atoms with Gasteiger partial charge >= 0.3 is 0 Å². The third-order valence-corrected chi connectivity index (χ3v) is 5.11. The highest BCUT2D eigenvalue weighted by Gasteiger charge is 2.18. The Bertz CT molecular complexity index is 705. The highest BCUT2D eigenvalue weighted by atomic mass is 35.5. The lowest BCUT2D eigenvalue weighted by molar-refractivity contribution is 0.588. The van der Waals surface area contributed by atoms with E-state index in [1.807, 2.05) is 0 Å². The van der Waals surface area contributed by atoms with Crippen LogP contribution in [0.4, 0.5) is 0 Å². The zero-order valence-corrected chi connectivity index (χ0v) is 11.4. The number of sulfonamides is 1. The number of sulfone groups is 1. The van der Waals surface area contributed by atoms with Gasteiger partial charge in [0, 0.05) is 0 Å². The van der Waals surface area contributed by atoms with E-state index in [4.69, 9.17) is 22.0 Å². The summed E-state index contributed by atoms with van der Waals surface area (Å²) in [7, 11) is -7.65. The molecule has 0 spiro atoms. The average molecular weight is 309 g/mol. The molecule has 1 rings (SSSR count). The molecule has 1 aromatic rings. The maximum atomic E-state index is 11.8. The topological polar surface area (TPSA) is 118 Å². The number of nitrogens with zero attached hydrogens (tertiary/aromatic N) is 1. The van der Waals surface area contributed by atoms with Crippen LogP contribution in [0.5, 0.6) is 0 Å². The summed E-state index contributed by atoms with van der Waals surface area (Å²) in [6.07, 6.45) is 0. The minimum atomic E-state index is -3.85. The fourth-order valence-corrected chi connectivity index (χ4v) is 4.03. The van der Waals surface area contributed by atoms with E-state index in [0.717, 1.165) is 6.07 Å². The summed E-state index contributed by atoms with van der Waals surface area (Å²) in [5, 5.41) is 13.4. The largest absolute Gasteiger partial charge is 0.229 e. The quantitative estimate of drug-likeness (QED) is 0.856. The van der Waals surface area contributed by atoms with Crippen LogP contribution in [0.15, 0.2) is 23.1 Å². The third-order valence-electron chi connectivity index (χ3n) is 2.06. The second-order valence-corrected chi connectivity index (χ2v) is 7.69. The number of primary sulfonamides is 1. The fraction of sp³-hybridized carbons (Fsp3) is 0.222. The van der Waals surface area contributed by atoms with Gasteiger partial charge in [-0.3, -0.25) is 0 Å². The van der Waals surface area contributed by atoms with Gasteiger partial charge in [0.05, 0.1) is 27.0 Å². The molecule has 18 heavy (non-hydrogen) atoms. The molecule has 0 bridgehead atoms. The molecule has 2 N–H and O–H groups in total. The molecule has 0 saturated heterocycles. The van der Waals surface area contributed by atoms with E-state index in [-0.39, 0.29) is 15.5 Å². The molecular weight excluding hydrogens is 300 g/mol. The molecule has 0 amide bonds. The highest BCUT2D eigenvalue weighted by molar-refractivity contribution is 7.94. The van der Waals surface area contributed by atoms with Crippen LogP contribution in [0.3, 0.4) is 0 Å². The number of nitriles is 1. The molecule has 6 nitrogen and oxygen atoms in total. The number of hydrogen-bond acceptors (Lipinski definition) is 5. The lowest BCUT2D eigenvalue weighted by atomic mass is 10.2. The van der Waals surface area contributed by atoms with Crippen LogP contribution in [-0.4, -0.2) is 28.3 Å². The molecule has 0 aliphatic heterocycles. The van der Waals surface area contributed by atoms with E-state index in [1.54, 1.807) is 6.07 Å². The predicted molar refractivity (Wildman–Crippen MR) is 66.2 cm³/mol. The number of hydrogen-bond donors (Lipinski definition) is 1. The van der Waals surface area contributed by atoms with Crippen LogP contribution < -0.4 is 5.14 Å². The van der Waals surface area contributed by atoms with Crippen molar-refractivity contribution in [2.75, 3.05) is 11.5 Å². The molecule has 0 heterocycles. The summed E-state index contributed by atoms with van der Waals surface area (Å²) in [6, 6.07) is 5.35. The number of halogens is 1. The van der Waals surface area contributed by atoms with Crippen molar-refractivity contribution in [1.82, 2.24) is 0 Å². The molecule has 0 radical (unpaired) electrons. The normalized spacial score (nSPS) is 12.1. The van der Waals surface area contributed by atoms with Crippen LogP contribution in [0.1, 0.15) is 5.56 Å². The van der Waals surface area contributed by atoms with Gasteiger partial charge in [0.25, 0.3) is 0 Å². The lowest BCUT2D eigenvalue weighted by Gasteiger charge is -2.04. The Kier molecular flexibility index (Phi) is 4.34. The van der Waals surface area contributed by atoms with Gasteiger partial charge in [-0.15, -0.1) is 0 Å². The third kappa shape index (κ3) is 3.96. The number of benzene rings is 1. The van der Waals surface area contributed by atoms with Crippen LogP contribution in [0, 0.1) is 11.3 Å². The van der Waals surface area contributed by atoms with E-state index in [2.05, 4.69) is 0 Å². The highest BCUT2D eigenvalue weighted by Crippen LogP contribution is 2.21. The van der Waals surface area contributed by atoms with E-state index in [1.165, 1.54) is 12.1 Å². The van der Waals surface area contributed by atoms with Gasteiger partial charge in [-0.1, -0.05) is 11.6 Å². The summed E-state index contributed by atoms with van der Waals surface area (Å²) >= 11 is 5.70. The van der Waals surface area contributed by atoms with Crippen molar-refractivity contribution < 1.29 is 16.8 Å². The van der Waals surface area contributed by atoms with Gasteiger partial charge in [0.1, 0.15) is 6.07 Å². The van der Waals surface area contributed by atoms with Gasteiger partial charge in [-0.05, 0) is 18.2 Å².